The number of fused-ring (bicyclic) bond motifs is 1. The van der Waals surface area contributed by atoms with Crippen molar-refractivity contribution in [1.29, 1.82) is 0 Å². The highest BCUT2D eigenvalue weighted by molar-refractivity contribution is 7.92. The second-order valence-corrected chi connectivity index (χ2v) is 9.22. The van der Waals surface area contributed by atoms with Gasteiger partial charge in [-0.1, -0.05) is 0 Å². The van der Waals surface area contributed by atoms with E-state index >= 15 is 0 Å². The van der Waals surface area contributed by atoms with Crippen LogP contribution in [0.4, 0.5) is 5.69 Å². The van der Waals surface area contributed by atoms with Crippen LogP contribution in [0, 0.1) is 0 Å². The highest BCUT2D eigenvalue weighted by atomic mass is 32.2. The Morgan fingerprint density at radius 2 is 1.94 bits per heavy atom. The van der Waals surface area contributed by atoms with E-state index in [-0.39, 0.29) is 10.6 Å². The normalized spacial score (nSPS) is 12.3. The van der Waals surface area contributed by atoms with Crippen LogP contribution in [-0.4, -0.2) is 45.2 Å². The lowest BCUT2D eigenvalue weighted by atomic mass is 10.00. The van der Waals surface area contributed by atoms with Gasteiger partial charge in [-0.05, 0) is 43.7 Å². The first-order valence-electron chi connectivity index (χ1n) is 9.35. The largest absolute Gasteiger partial charge is 0.494 e. The molecule has 0 bridgehead atoms. The van der Waals surface area contributed by atoms with E-state index in [2.05, 4.69) is 19.9 Å². The topological polar surface area (TPSA) is 124 Å². The zero-order valence-electron chi connectivity index (χ0n) is 17.4. The number of nitrogens with zero attached hydrogens (tertiary/aromatic N) is 5. The number of sulfonamides is 1. The van der Waals surface area contributed by atoms with Crippen molar-refractivity contribution in [2.24, 2.45) is 7.05 Å². The number of benzene rings is 1. The van der Waals surface area contributed by atoms with Gasteiger partial charge in [0.15, 0.2) is 5.82 Å². The third kappa shape index (κ3) is 3.84. The van der Waals surface area contributed by atoms with Gasteiger partial charge in [0, 0.05) is 18.6 Å². The average Bonchev–Trinajstić information content (AvgIpc) is 3.36. The van der Waals surface area contributed by atoms with Crippen LogP contribution >= 0.6 is 0 Å². The second kappa shape index (κ2) is 7.36. The molecular formula is C20H22N6O4S. The van der Waals surface area contributed by atoms with Gasteiger partial charge in [-0.3, -0.25) is 9.40 Å². The Labute approximate surface area is 179 Å². The number of pyridine rings is 1. The van der Waals surface area contributed by atoms with Crippen molar-refractivity contribution in [3.63, 3.8) is 0 Å². The number of hydrogen-bond acceptors (Lipinski definition) is 7. The van der Waals surface area contributed by atoms with Crippen LogP contribution in [0.3, 0.4) is 0 Å². The third-order valence-electron chi connectivity index (χ3n) is 4.88. The predicted octanol–water partition coefficient (Wildman–Crippen LogP) is 2.19. The van der Waals surface area contributed by atoms with Crippen LogP contribution in [0.5, 0.6) is 5.75 Å². The maximum atomic E-state index is 13.1. The number of aryl methyl sites for hydroxylation is 1. The van der Waals surface area contributed by atoms with Gasteiger partial charge in [-0.15, -0.1) is 0 Å². The van der Waals surface area contributed by atoms with E-state index in [0.717, 1.165) is 5.39 Å². The molecule has 31 heavy (non-hydrogen) atoms. The standard InChI is InChI=1S/C20H22N6O4S/c1-20(2,27)14-7-8-21-17(9-14)26-12-15(11-23-26)31(28,29)24-18-16(30-4)6-5-13-10-22-25(3)19(13)18/h5-12,24,27H,1-4H3. The molecule has 11 heteroatoms. The van der Waals surface area contributed by atoms with Crippen LogP contribution in [0.2, 0.25) is 0 Å². The molecule has 0 saturated heterocycles. The van der Waals surface area contributed by atoms with E-state index in [9.17, 15) is 13.5 Å². The maximum Gasteiger partial charge on any atom is 0.265 e. The van der Waals surface area contributed by atoms with Crippen molar-refractivity contribution in [2.45, 2.75) is 24.3 Å². The summed E-state index contributed by atoms with van der Waals surface area (Å²) in [5.74, 6) is 0.749. The molecule has 0 aliphatic carbocycles. The van der Waals surface area contributed by atoms with E-state index in [0.29, 0.717) is 22.6 Å². The summed E-state index contributed by atoms with van der Waals surface area (Å²) in [5.41, 5.74) is 0.438. The molecule has 162 valence electrons. The fourth-order valence-electron chi connectivity index (χ4n) is 3.20. The van der Waals surface area contributed by atoms with Crippen molar-refractivity contribution < 1.29 is 18.3 Å². The molecule has 4 aromatic rings. The Morgan fingerprint density at radius 3 is 2.65 bits per heavy atom. The van der Waals surface area contributed by atoms with Crippen LogP contribution < -0.4 is 9.46 Å². The molecule has 0 fully saturated rings. The Hall–Kier alpha value is -3.44. The lowest BCUT2D eigenvalue weighted by Crippen LogP contribution is -2.16. The summed E-state index contributed by atoms with van der Waals surface area (Å²) in [6.07, 6.45) is 5.77. The minimum absolute atomic E-state index is 0.0517. The van der Waals surface area contributed by atoms with Crippen LogP contribution in [0.1, 0.15) is 19.4 Å². The first-order chi connectivity index (χ1) is 14.6. The van der Waals surface area contributed by atoms with E-state index in [1.807, 2.05) is 0 Å². The first kappa shape index (κ1) is 20.8. The van der Waals surface area contributed by atoms with E-state index < -0.39 is 15.6 Å². The lowest BCUT2D eigenvalue weighted by molar-refractivity contribution is 0.0785. The molecule has 2 N–H and O–H groups in total. The third-order valence-corrected chi connectivity index (χ3v) is 6.18. The number of anilines is 1. The maximum absolute atomic E-state index is 13.1. The van der Waals surface area contributed by atoms with Crippen LogP contribution in [0.25, 0.3) is 16.7 Å². The molecule has 0 aliphatic rings. The number of aliphatic hydroxyl groups is 1. The van der Waals surface area contributed by atoms with Crippen molar-refractivity contribution in [3.05, 3.63) is 54.6 Å². The Kier molecular flexibility index (Phi) is 4.94. The van der Waals surface area contributed by atoms with Crippen molar-refractivity contribution in [1.82, 2.24) is 24.5 Å². The Balaban J connectivity index is 1.72. The predicted molar refractivity (Wildman–Crippen MR) is 115 cm³/mol. The monoisotopic (exact) mass is 442 g/mol. The molecule has 0 amide bonds. The molecule has 4 rings (SSSR count). The number of rotatable bonds is 6. The van der Waals surface area contributed by atoms with Crippen LogP contribution in [0.15, 0.2) is 53.9 Å². The summed E-state index contributed by atoms with van der Waals surface area (Å²) in [5, 5.41) is 19.3. The summed E-state index contributed by atoms with van der Waals surface area (Å²) in [6.45, 7) is 3.31. The fourth-order valence-corrected chi connectivity index (χ4v) is 4.21. The van der Waals surface area contributed by atoms with Gasteiger partial charge < -0.3 is 9.84 Å². The number of hydrogen-bond donors (Lipinski definition) is 2. The second-order valence-electron chi connectivity index (χ2n) is 7.54. The van der Waals surface area contributed by atoms with Gasteiger partial charge in [0.1, 0.15) is 16.3 Å². The molecule has 0 atom stereocenters. The molecule has 10 nitrogen and oxygen atoms in total. The molecule has 0 spiro atoms. The van der Waals surface area contributed by atoms with E-state index in [1.165, 1.54) is 30.4 Å². The average molecular weight is 443 g/mol. The van der Waals surface area contributed by atoms with E-state index in [4.69, 9.17) is 4.74 Å². The molecule has 3 heterocycles. The zero-order valence-corrected chi connectivity index (χ0v) is 18.3. The molecule has 0 unspecified atom stereocenters. The van der Waals surface area contributed by atoms with E-state index in [1.54, 1.807) is 56.0 Å². The summed E-state index contributed by atoms with van der Waals surface area (Å²) >= 11 is 0. The van der Waals surface area contributed by atoms with Crippen LogP contribution in [-0.2, 0) is 22.7 Å². The summed E-state index contributed by atoms with van der Waals surface area (Å²) in [4.78, 5) is 4.17. The molecule has 0 radical (unpaired) electrons. The molecule has 0 aliphatic heterocycles. The van der Waals surface area contributed by atoms with Gasteiger partial charge in [-0.2, -0.15) is 10.2 Å². The highest BCUT2D eigenvalue weighted by Crippen LogP contribution is 2.34. The number of aromatic nitrogens is 5. The summed E-state index contributed by atoms with van der Waals surface area (Å²) in [6, 6.07) is 6.82. The minimum atomic E-state index is -3.99. The van der Waals surface area contributed by atoms with Gasteiger partial charge in [0.05, 0.1) is 36.8 Å². The van der Waals surface area contributed by atoms with Gasteiger partial charge in [0.25, 0.3) is 10.0 Å². The summed E-state index contributed by atoms with van der Waals surface area (Å²) in [7, 11) is -0.801. The van der Waals surface area contributed by atoms with Crippen molar-refractivity contribution in [3.8, 4) is 11.6 Å². The van der Waals surface area contributed by atoms with Gasteiger partial charge >= 0.3 is 0 Å². The quantitative estimate of drug-likeness (QED) is 0.469. The molecule has 0 saturated carbocycles. The first-order valence-corrected chi connectivity index (χ1v) is 10.8. The fraction of sp³-hybridized carbons (Fsp3) is 0.250. The molecule has 3 aromatic heterocycles. The Bertz CT molecular complexity index is 1370. The number of nitrogens with one attached hydrogen (secondary N) is 1. The highest BCUT2D eigenvalue weighted by Gasteiger charge is 2.23. The lowest BCUT2D eigenvalue weighted by Gasteiger charge is -2.17. The molecule has 1 aromatic carbocycles. The van der Waals surface area contributed by atoms with Gasteiger partial charge in [-0.25, -0.2) is 18.1 Å². The van der Waals surface area contributed by atoms with Crippen molar-refractivity contribution in [2.75, 3.05) is 11.8 Å². The SMILES string of the molecule is COc1ccc2cnn(C)c2c1NS(=O)(=O)c1cnn(-c2cc(C(C)(C)O)ccn2)c1. The smallest absolute Gasteiger partial charge is 0.265 e. The number of methoxy groups -OCH3 is 1. The van der Waals surface area contributed by atoms with Crippen molar-refractivity contribution >= 4 is 26.6 Å². The zero-order chi connectivity index (χ0) is 22.4. The number of ether oxygens (including phenoxy) is 1. The minimum Gasteiger partial charge on any atom is -0.494 e. The van der Waals surface area contributed by atoms with Gasteiger partial charge in [0.2, 0.25) is 0 Å². The molecular weight excluding hydrogens is 420 g/mol. The summed E-state index contributed by atoms with van der Waals surface area (Å²) < 4.78 is 37.1. The Morgan fingerprint density at radius 1 is 1.16 bits per heavy atom.